The molecule has 2 aromatic rings. The molecule has 1 heterocycles. The molecule has 24 heavy (non-hydrogen) atoms. The topological polar surface area (TPSA) is 41.8 Å². The number of nitrogens with one attached hydrogen (secondary N) is 1. The number of sulfonamides is 1. The summed E-state index contributed by atoms with van der Waals surface area (Å²) in [6.07, 6.45) is 0. The Balaban J connectivity index is 1.64. The number of hydrogen-bond acceptors (Lipinski definition) is 2. The van der Waals surface area contributed by atoms with Crippen LogP contribution in [0.25, 0.3) is 0 Å². The van der Waals surface area contributed by atoms with E-state index in [-0.39, 0.29) is 4.90 Å². The zero-order chi connectivity index (χ0) is 17.2. The number of benzene rings is 2. The Hall–Kier alpha value is -1.11. The Kier molecular flexibility index (Phi) is 5.47. The molecule has 1 saturated heterocycles. The molecule has 0 aliphatic carbocycles. The third-order valence-corrected chi connectivity index (χ3v) is 6.57. The molecule has 1 aliphatic heterocycles. The zero-order valence-corrected chi connectivity index (χ0v) is 15.4. The van der Waals surface area contributed by atoms with Gasteiger partial charge >= 0.3 is 0 Å². The lowest BCUT2D eigenvalue weighted by Gasteiger charge is -2.31. The van der Waals surface area contributed by atoms with E-state index in [2.05, 4.69) is 0 Å². The van der Waals surface area contributed by atoms with Gasteiger partial charge in [-0.3, -0.25) is 0 Å². The van der Waals surface area contributed by atoms with E-state index in [0.717, 1.165) is 24.7 Å². The minimum absolute atomic E-state index is 0.258. The molecule has 0 unspecified atom stereocenters. The third-order valence-electron chi connectivity index (χ3n) is 4.21. The fraction of sp³-hybridized carbons (Fsp3) is 0.294. The second-order valence-electron chi connectivity index (χ2n) is 5.92. The molecule has 0 amide bonds. The van der Waals surface area contributed by atoms with Crippen molar-refractivity contribution in [3.8, 4) is 0 Å². The molecule has 7 heteroatoms. The number of piperazine rings is 1. The lowest BCUT2D eigenvalue weighted by atomic mass is 10.2. The molecule has 2 aromatic carbocycles. The summed E-state index contributed by atoms with van der Waals surface area (Å²) in [6, 6.07) is 14.2. The average molecular weight is 386 g/mol. The summed E-state index contributed by atoms with van der Waals surface area (Å²) in [7, 11) is -3.47. The molecule has 0 aromatic heterocycles. The summed E-state index contributed by atoms with van der Waals surface area (Å²) in [4.78, 5) is 1.61. The molecule has 0 spiro atoms. The quantitative estimate of drug-likeness (QED) is 0.875. The van der Waals surface area contributed by atoms with Crippen LogP contribution in [0.3, 0.4) is 0 Å². The molecule has 0 saturated carbocycles. The van der Waals surface area contributed by atoms with Gasteiger partial charge < -0.3 is 4.90 Å². The molecule has 4 nitrogen and oxygen atoms in total. The molecular weight excluding hydrogens is 367 g/mol. The first-order chi connectivity index (χ1) is 11.4. The van der Waals surface area contributed by atoms with E-state index in [0.29, 0.717) is 18.1 Å². The Morgan fingerprint density at radius 3 is 2.21 bits per heavy atom. The first-order valence-corrected chi connectivity index (χ1v) is 9.98. The van der Waals surface area contributed by atoms with E-state index in [1.165, 1.54) is 16.5 Å². The fourth-order valence-corrected chi connectivity index (χ4v) is 4.89. The molecule has 3 rings (SSSR count). The maximum Gasteiger partial charge on any atom is 0.243 e. The standard InChI is InChI=1S/C17H18Cl2N2O2S/c18-15-4-1-3-14(11-15)13-20-7-9-21(10-8-20)24(22,23)17-6-2-5-16(19)12-17/h1-6,11-12H,7-10,13H2/p+1. The highest BCUT2D eigenvalue weighted by atomic mass is 35.5. The first kappa shape index (κ1) is 17.7. The van der Waals surface area contributed by atoms with Gasteiger partial charge in [0.05, 0.1) is 31.1 Å². The van der Waals surface area contributed by atoms with Crippen molar-refractivity contribution in [1.82, 2.24) is 4.31 Å². The van der Waals surface area contributed by atoms with Crippen LogP contribution in [-0.2, 0) is 16.6 Å². The maximum atomic E-state index is 12.7. The highest BCUT2D eigenvalue weighted by Crippen LogP contribution is 2.19. The van der Waals surface area contributed by atoms with Crippen LogP contribution in [0.1, 0.15) is 5.56 Å². The van der Waals surface area contributed by atoms with Crippen molar-refractivity contribution in [2.24, 2.45) is 0 Å². The van der Waals surface area contributed by atoms with Crippen molar-refractivity contribution >= 4 is 33.2 Å². The summed E-state index contributed by atoms with van der Waals surface area (Å²) in [5.74, 6) is 0. The van der Waals surface area contributed by atoms with Gasteiger partial charge in [-0.25, -0.2) is 8.42 Å². The van der Waals surface area contributed by atoms with Crippen molar-refractivity contribution in [3.63, 3.8) is 0 Å². The zero-order valence-electron chi connectivity index (χ0n) is 13.1. The Bertz CT molecular complexity index is 819. The molecular formula is C17H19Cl2N2O2S+. The summed E-state index contributed by atoms with van der Waals surface area (Å²) in [6.45, 7) is 3.40. The number of nitrogens with zero attached hydrogens (tertiary/aromatic N) is 1. The molecule has 0 radical (unpaired) electrons. The molecule has 1 N–H and O–H groups in total. The van der Waals surface area contributed by atoms with Crippen molar-refractivity contribution < 1.29 is 13.3 Å². The van der Waals surface area contributed by atoms with Crippen LogP contribution >= 0.6 is 23.2 Å². The highest BCUT2D eigenvalue weighted by Gasteiger charge is 2.30. The van der Waals surface area contributed by atoms with Gasteiger partial charge in [-0.2, -0.15) is 4.31 Å². The first-order valence-electron chi connectivity index (χ1n) is 7.79. The Labute approximate surface area is 152 Å². The van der Waals surface area contributed by atoms with Crippen molar-refractivity contribution in [2.75, 3.05) is 26.2 Å². The molecule has 0 atom stereocenters. The van der Waals surface area contributed by atoms with Crippen LogP contribution in [-0.4, -0.2) is 38.9 Å². The van der Waals surface area contributed by atoms with E-state index in [9.17, 15) is 8.42 Å². The average Bonchev–Trinajstić information content (AvgIpc) is 2.55. The minimum atomic E-state index is -3.47. The molecule has 0 bridgehead atoms. The monoisotopic (exact) mass is 385 g/mol. The molecule has 1 aliphatic rings. The lowest BCUT2D eigenvalue weighted by Crippen LogP contribution is -3.13. The Morgan fingerprint density at radius 2 is 1.58 bits per heavy atom. The van der Waals surface area contributed by atoms with Gasteiger partial charge in [0, 0.05) is 15.6 Å². The van der Waals surface area contributed by atoms with Gasteiger partial charge in [0.1, 0.15) is 6.54 Å². The number of halogens is 2. The SMILES string of the molecule is O=S(=O)(c1cccc(Cl)c1)N1CC[NH+](Cc2cccc(Cl)c2)CC1. The summed E-state index contributed by atoms with van der Waals surface area (Å²) >= 11 is 11.9. The van der Waals surface area contributed by atoms with E-state index in [1.807, 2.05) is 24.3 Å². The van der Waals surface area contributed by atoms with Crippen LogP contribution in [0.4, 0.5) is 0 Å². The Morgan fingerprint density at radius 1 is 0.958 bits per heavy atom. The van der Waals surface area contributed by atoms with E-state index < -0.39 is 10.0 Å². The summed E-state index contributed by atoms with van der Waals surface area (Å²) < 4.78 is 26.9. The summed E-state index contributed by atoms with van der Waals surface area (Å²) in [5.41, 5.74) is 1.17. The highest BCUT2D eigenvalue weighted by molar-refractivity contribution is 7.89. The van der Waals surface area contributed by atoms with Crippen LogP contribution in [0.15, 0.2) is 53.4 Å². The van der Waals surface area contributed by atoms with E-state index in [4.69, 9.17) is 23.2 Å². The number of rotatable bonds is 4. The predicted molar refractivity (Wildman–Crippen MR) is 96.1 cm³/mol. The second-order valence-corrected chi connectivity index (χ2v) is 8.73. The van der Waals surface area contributed by atoms with Gasteiger partial charge in [-0.1, -0.05) is 41.4 Å². The van der Waals surface area contributed by atoms with Gasteiger partial charge in [-0.05, 0) is 30.3 Å². The van der Waals surface area contributed by atoms with Crippen LogP contribution in [0.2, 0.25) is 10.0 Å². The van der Waals surface area contributed by atoms with Crippen LogP contribution < -0.4 is 4.90 Å². The smallest absolute Gasteiger partial charge is 0.243 e. The number of hydrogen-bond donors (Lipinski definition) is 1. The predicted octanol–water partition coefficient (Wildman–Crippen LogP) is 2.08. The lowest BCUT2D eigenvalue weighted by molar-refractivity contribution is -0.917. The van der Waals surface area contributed by atoms with Crippen LogP contribution in [0.5, 0.6) is 0 Å². The second kappa shape index (κ2) is 7.42. The normalized spacial score (nSPS) is 17.1. The minimum Gasteiger partial charge on any atom is -0.329 e. The van der Waals surface area contributed by atoms with E-state index >= 15 is 0 Å². The fourth-order valence-electron chi connectivity index (χ4n) is 2.93. The largest absolute Gasteiger partial charge is 0.329 e. The van der Waals surface area contributed by atoms with Gasteiger partial charge in [0.15, 0.2) is 0 Å². The van der Waals surface area contributed by atoms with Gasteiger partial charge in [0.25, 0.3) is 0 Å². The van der Waals surface area contributed by atoms with E-state index in [1.54, 1.807) is 22.5 Å². The molecule has 128 valence electrons. The van der Waals surface area contributed by atoms with Crippen LogP contribution in [0, 0.1) is 0 Å². The van der Waals surface area contributed by atoms with Gasteiger partial charge in [0.2, 0.25) is 10.0 Å². The van der Waals surface area contributed by atoms with Crippen molar-refractivity contribution in [3.05, 3.63) is 64.1 Å². The maximum absolute atomic E-state index is 12.7. The van der Waals surface area contributed by atoms with Gasteiger partial charge in [-0.15, -0.1) is 0 Å². The number of quaternary nitrogens is 1. The van der Waals surface area contributed by atoms with Crippen molar-refractivity contribution in [2.45, 2.75) is 11.4 Å². The third kappa shape index (κ3) is 4.10. The molecule has 1 fully saturated rings. The van der Waals surface area contributed by atoms with Crippen molar-refractivity contribution in [1.29, 1.82) is 0 Å². The summed E-state index contributed by atoms with van der Waals surface area (Å²) in [5, 5.41) is 1.16.